The summed E-state index contributed by atoms with van der Waals surface area (Å²) < 4.78 is 9.92. The van der Waals surface area contributed by atoms with Gasteiger partial charge in [0.25, 0.3) is 0 Å². The molecule has 1 rings (SSSR count). The van der Waals surface area contributed by atoms with Crippen molar-refractivity contribution in [2.24, 2.45) is 0 Å². The summed E-state index contributed by atoms with van der Waals surface area (Å²) in [4.78, 5) is 22.8. The van der Waals surface area contributed by atoms with E-state index in [4.69, 9.17) is 15.2 Å². The van der Waals surface area contributed by atoms with Gasteiger partial charge in [0.1, 0.15) is 5.60 Å². The highest BCUT2D eigenvalue weighted by Crippen LogP contribution is 2.11. The van der Waals surface area contributed by atoms with Crippen LogP contribution < -0.4 is 11.1 Å². The minimum Gasteiger partial charge on any atom is -0.449 e. The van der Waals surface area contributed by atoms with E-state index in [0.717, 1.165) is 44.2 Å². The zero-order chi connectivity index (χ0) is 18.7. The summed E-state index contributed by atoms with van der Waals surface area (Å²) >= 11 is 0. The van der Waals surface area contributed by atoms with E-state index in [0.29, 0.717) is 6.61 Å². The van der Waals surface area contributed by atoms with Crippen molar-refractivity contribution in [3.05, 3.63) is 29.8 Å². The molecule has 0 spiro atoms. The number of anilines is 1. The fourth-order valence-electron chi connectivity index (χ4n) is 2.23. The van der Waals surface area contributed by atoms with Gasteiger partial charge in [-0.1, -0.05) is 31.4 Å². The average molecular weight is 350 g/mol. The van der Waals surface area contributed by atoms with Crippen molar-refractivity contribution in [2.75, 3.05) is 12.3 Å². The van der Waals surface area contributed by atoms with Gasteiger partial charge in [0.2, 0.25) is 0 Å². The summed E-state index contributed by atoms with van der Waals surface area (Å²) in [5.74, 6) is 0. The van der Waals surface area contributed by atoms with Gasteiger partial charge in [-0.3, -0.25) is 0 Å². The first-order chi connectivity index (χ1) is 11.8. The van der Waals surface area contributed by atoms with Gasteiger partial charge in [-0.25, -0.2) is 14.9 Å². The van der Waals surface area contributed by atoms with Crippen molar-refractivity contribution in [2.45, 2.75) is 64.9 Å². The van der Waals surface area contributed by atoms with Gasteiger partial charge < -0.3 is 15.2 Å². The number of unbranched alkanes of at least 4 members (excludes halogenated alkanes) is 4. The Bertz CT molecular complexity index is 535. The third-order valence-electron chi connectivity index (χ3n) is 3.43. The molecule has 0 aliphatic carbocycles. The molecule has 25 heavy (non-hydrogen) atoms. The van der Waals surface area contributed by atoms with Crippen LogP contribution >= 0.6 is 0 Å². The minimum atomic E-state index is -0.792. The largest absolute Gasteiger partial charge is 0.449 e. The first-order valence-corrected chi connectivity index (χ1v) is 8.77. The first-order valence-electron chi connectivity index (χ1n) is 8.77. The molecule has 0 unspecified atom stereocenters. The Labute approximate surface area is 150 Å². The Kier molecular flexibility index (Phi) is 8.81. The molecule has 0 fully saturated rings. The molecule has 0 aliphatic heterocycles. The summed E-state index contributed by atoms with van der Waals surface area (Å²) in [6, 6.07) is 7.98. The Balaban J connectivity index is 1.98. The molecule has 6 heteroatoms. The molecule has 0 heterocycles. The van der Waals surface area contributed by atoms with Gasteiger partial charge in [-0.15, -0.1) is 0 Å². The number of carbonyl (C=O) groups excluding carboxylic acids is 2. The average Bonchev–Trinajstić information content (AvgIpc) is 2.49. The number of alkyl carbamates (subject to hydrolysis) is 2. The molecule has 0 bridgehead atoms. The maximum Gasteiger partial charge on any atom is 0.417 e. The lowest BCUT2D eigenvalue weighted by Gasteiger charge is -2.19. The molecule has 0 atom stereocenters. The van der Waals surface area contributed by atoms with Crippen molar-refractivity contribution < 1.29 is 19.1 Å². The van der Waals surface area contributed by atoms with Crippen molar-refractivity contribution in [1.82, 2.24) is 5.32 Å². The molecule has 0 radical (unpaired) electrons. The van der Waals surface area contributed by atoms with Crippen LogP contribution in [0.2, 0.25) is 0 Å². The number of benzene rings is 1. The second-order valence-electron chi connectivity index (χ2n) is 7.02. The molecule has 140 valence electrons. The standard InChI is InChI=1S/C19H30N2O4/c1-19(2,3)25-18(23)21-17(22)24-14-8-6-4-5-7-9-15-10-12-16(20)13-11-15/h10-13H,4-9,14,20H2,1-3H3,(H,21,22,23). The molecule has 6 nitrogen and oxygen atoms in total. The topological polar surface area (TPSA) is 90.6 Å². The summed E-state index contributed by atoms with van der Waals surface area (Å²) in [6.07, 6.45) is 4.61. The number of nitrogen functional groups attached to an aromatic ring is 1. The van der Waals surface area contributed by atoms with Crippen LogP contribution in [0.5, 0.6) is 0 Å². The predicted molar refractivity (Wildman–Crippen MR) is 98.4 cm³/mol. The van der Waals surface area contributed by atoms with Crippen molar-refractivity contribution in [3.8, 4) is 0 Å². The Morgan fingerprint density at radius 3 is 2.20 bits per heavy atom. The zero-order valence-corrected chi connectivity index (χ0v) is 15.5. The van der Waals surface area contributed by atoms with Crippen LogP contribution in [-0.4, -0.2) is 24.4 Å². The van der Waals surface area contributed by atoms with Gasteiger partial charge >= 0.3 is 12.2 Å². The highest BCUT2D eigenvalue weighted by molar-refractivity contribution is 5.87. The molecular weight excluding hydrogens is 320 g/mol. The van der Waals surface area contributed by atoms with Gasteiger partial charge in [0, 0.05) is 5.69 Å². The van der Waals surface area contributed by atoms with Crippen LogP contribution in [0, 0.1) is 0 Å². The van der Waals surface area contributed by atoms with Gasteiger partial charge in [0.15, 0.2) is 0 Å². The molecule has 2 amide bonds. The summed E-state index contributed by atoms with van der Waals surface area (Å²) in [7, 11) is 0. The molecule has 0 aliphatic rings. The van der Waals surface area contributed by atoms with Crippen molar-refractivity contribution in [3.63, 3.8) is 0 Å². The van der Waals surface area contributed by atoms with E-state index >= 15 is 0 Å². The van der Waals surface area contributed by atoms with E-state index in [-0.39, 0.29) is 0 Å². The van der Waals surface area contributed by atoms with Gasteiger partial charge in [0.05, 0.1) is 6.61 Å². The highest BCUT2D eigenvalue weighted by atomic mass is 16.6. The fourth-order valence-corrected chi connectivity index (χ4v) is 2.23. The lowest BCUT2D eigenvalue weighted by Crippen LogP contribution is -2.36. The smallest absolute Gasteiger partial charge is 0.417 e. The third-order valence-corrected chi connectivity index (χ3v) is 3.43. The SMILES string of the molecule is CC(C)(C)OC(=O)NC(=O)OCCCCCCCc1ccc(N)cc1. The Morgan fingerprint density at radius 1 is 0.960 bits per heavy atom. The number of hydrogen-bond donors (Lipinski definition) is 2. The lowest BCUT2D eigenvalue weighted by molar-refractivity contribution is 0.0510. The van der Waals surface area contributed by atoms with Crippen molar-refractivity contribution in [1.29, 1.82) is 0 Å². The quantitative estimate of drug-likeness (QED) is 0.535. The first kappa shape index (κ1) is 20.8. The second kappa shape index (κ2) is 10.6. The molecule has 0 saturated heterocycles. The predicted octanol–water partition coefficient (Wildman–Crippen LogP) is 4.42. The molecule has 0 aromatic heterocycles. The number of nitrogens with two attached hydrogens (primary N) is 1. The van der Waals surface area contributed by atoms with E-state index in [1.165, 1.54) is 5.56 Å². The number of amides is 2. The number of nitrogens with one attached hydrogen (secondary N) is 1. The molecule has 1 aromatic carbocycles. The second-order valence-corrected chi connectivity index (χ2v) is 7.02. The summed E-state index contributed by atoms with van der Waals surface area (Å²) in [5, 5.41) is 2.04. The maximum atomic E-state index is 11.4. The monoisotopic (exact) mass is 350 g/mol. The normalized spacial score (nSPS) is 11.0. The highest BCUT2D eigenvalue weighted by Gasteiger charge is 2.18. The zero-order valence-electron chi connectivity index (χ0n) is 15.5. The van der Waals surface area contributed by atoms with Crippen LogP contribution in [0.25, 0.3) is 0 Å². The van der Waals surface area contributed by atoms with Crippen LogP contribution in [0.1, 0.15) is 58.4 Å². The molecule has 1 aromatic rings. The van der Waals surface area contributed by atoms with E-state index in [9.17, 15) is 9.59 Å². The summed E-state index contributed by atoms with van der Waals surface area (Å²) in [5.41, 5.74) is 7.11. The van der Waals surface area contributed by atoms with E-state index in [1.54, 1.807) is 20.8 Å². The lowest BCUT2D eigenvalue weighted by atomic mass is 10.1. The van der Waals surface area contributed by atoms with Gasteiger partial charge in [-0.2, -0.15) is 0 Å². The molecule has 0 saturated carbocycles. The number of imide groups is 1. The van der Waals surface area contributed by atoms with Crippen LogP contribution in [0.3, 0.4) is 0 Å². The Morgan fingerprint density at radius 2 is 1.56 bits per heavy atom. The van der Waals surface area contributed by atoms with E-state index < -0.39 is 17.8 Å². The summed E-state index contributed by atoms with van der Waals surface area (Å²) in [6.45, 7) is 5.48. The number of hydrogen-bond acceptors (Lipinski definition) is 5. The molecule has 3 N–H and O–H groups in total. The fraction of sp³-hybridized carbons (Fsp3) is 0.579. The molecular formula is C19H30N2O4. The Hall–Kier alpha value is -2.24. The van der Waals surface area contributed by atoms with Crippen LogP contribution in [0.15, 0.2) is 24.3 Å². The minimum absolute atomic E-state index is 0.298. The van der Waals surface area contributed by atoms with E-state index in [1.807, 2.05) is 17.4 Å². The number of aryl methyl sites for hydroxylation is 1. The van der Waals surface area contributed by atoms with E-state index in [2.05, 4.69) is 12.1 Å². The van der Waals surface area contributed by atoms with Gasteiger partial charge in [-0.05, 0) is 57.7 Å². The number of carbonyl (C=O) groups is 2. The van der Waals surface area contributed by atoms with Crippen LogP contribution in [-0.2, 0) is 15.9 Å². The third kappa shape index (κ3) is 11.0. The van der Waals surface area contributed by atoms with Crippen LogP contribution in [0.4, 0.5) is 15.3 Å². The number of rotatable bonds is 8. The number of ether oxygens (including phenoxy) is 2. The van der Waals surface area contributed by atoms with Crippen molar-refractivity contribution >= 4 is 17.9 Å². The maximum absolute atomic E-state index is 11.4.